The summed E-state index contributed by atoms with van der Waals surface area (Å²) in [5.74, 6) is 0.0265. The van der Waals surface area contributed by atoms with Crippen LogP contribution < -0.4 is 0 Å². The predicted molar refractivity (Wildman–Crippen MR) is 99.8 cm³/mol. The summed E-state index contributed by atoms with van der Waals surface area (Å²) in [6.07, 6.45) is 3.57. The van der Waals surface area contributed by atoms with Gasteiger partial charge < -0.3 is 9.15 Å². The Morgan fingerprint density at radius 1 is 1.25 bits per heavy atom. The van der Waals surface area contributed by atoms with Crippen LogP contribution in [0.3, 0.4) is 0 Å². The third-order valence-corrected chi connectivity index (χ3v) is 4.88. The highest BCUT2D eigenvalue weighted by atomic mass is 19.1. The minimum absolute atomic E-state index is 0.281. The van der Waals surface area contributed by atoms with E-state index < -0.39 is 5.97 Å². The Morgan fingerprint density at radius 3 is 2.68 bits per heavy atom. The van der Waals surface area contributed by atoms with Gasteiger partial charge in [0.2, 0.25) is 0 Å². The zero-order valence-electron chi connectivity index (χ0n) is 15.1. The van der Waals surface area contributed by atoms with E-state index in [2.05, 4.69) is 0 Å². The highest BCUT2D eigenvalue weighted by Gasteiger charge is 2.33. The topological polar surface area (TPSA) is 70.2 Å². The monoisotopic (exact) mass is 377 g/mol. The lowest BCUT2D eigenvalue weighted by molar-refractivity contribution is 0.0603. The van der Waals surface area contributed by atoms with E-state index in [1.54, 1.807) is 41.3 Å². The number of hydrogen-bond acceptors (Lipinski definition) is 5. The van der Waals surface area contributed by atoms with Crippen LogP contribution in [0.5, 0.6) is 0 Å². The number of halogens is 1. The van der Waals surface area contributed by atoms with E-state index in [-0.39, 0.29) is 11.7 Å². The molecule has 0 atom stereocenters. The van der Waals surface area contributed by atoms with Crippen molar-refractivity contribution >= 4 is 17.0 Å². The first kappa shape index (κ1) is 16.7. The number of methoxy groups -OCH3 is 1. The lowest BCUT2D eigenvalue weighted by atomic mass is 10.1. The molecule has 0 unspecified atom stereocenters. The Hall–Kier alpha value is -3.48. The van der Waals surface area contributed by atoms with Gasteiger partial charge in [0.1, 0.15) is 11.5 Å². The molecule has 0 spiro atoms. The minimum Gasteiger partial charge on any atom is -0.465 e. The molecule has 0 N–H and O–H groups in total. The van der Waals surface area contributed by atoms with Crippen LogP contribution in [0, 0.1) is 5.82 Å². The quantitative estimate of drug-likeness (QED) is 0.490. The van der Waals surface area contributed by atoms with E-state index >= 15 is 0 Å². The lowest BCUT2D eigenvalue weighted by Gasteiger charge is -2.07. The largest absolute Gasteiger partial charge is 0.465 e. The fourth-order valence-electron chi connectivity index (χ4n) is 3.37. The van der Waals surface area contributed by atoms with Gasteiger partial charge in [0.15, 0.2) is 11.4 Å². The van der Waals surface area contributed by atoms with E-state index in [1.165, 1.54) is 19.2 Å². The normalized spacial score (nSPS) is 13.8. The molecule has 28 heavy (non-hydrogen) atoms. The number of pyridine rings is 1. The van der Waals surface area contributed by atoms with Crippen LogP contribution in [-0.2, 0) is 4.74 Å². The van der Waals surface area contributed by atoms with Crippen LogP contribution in [0.2, 0.25) is 0 Å². The third kappa shape index (κ3) is 2.67. The summed E-state index contributed by atoms with van der Waals surface area (Å²) >= 11 is 0. The van der Waals surface area contributed by atoms with Crippen molar-refractivity contribution in [2.45, 2.75) is 18.8 Å². The van der Waals surface area contributed by atoms with Gasteiger partial charge in [0, 0.05) is 5.92 Å². The summed E-state index contributed by atoms with van der Waals surface area (Å²) in [5.41, 5.74) is 2.90. The lowest BCUT2D eigenvalue weighted by Crippen LogP contribution is -2.05. The molecular weight excluding hydrogens is 361 g/mol. The van der Waals surface area contributed by atoms with E-state index in [0.29, 0.717) is 33.7 Å². The molecular formula is C21H16FN3O3. The van der Waals surface area contributed by atoms with Crippen LogP contribution in [0.4, 0.5) is 4.39 Å². The Labute approximate surface area is 159 Å². The van der Waals surface area contributed by atoms with E-state index in [0.717, 1.165) is 18.5 Å². The van der Waals surface area contributed by atoms with Gasteiger partial charge in [-0.2, -0.15) is 5.10 Å². The van der Waals surface area contributed by atoms with Crippen LogP contribution in [0.1, 0.15) is 34.8 Å². The number of nitrogens with zero attached hydrogens (tertiary/aromatic N) is 3. The van der Waals surface area contributed by atoms with Crippen LogP contribution in [0.25, 0.3) is 28.2 Å². The summed E-state index contributed by atoms with van der Waals surface area (Å²) in [6, 6.07) is 11.2. The van der Waals surface area contributed by atoms with Gasteiger partial charge in [-0.1, -0.05) is 0 Å². The summed E-state index contributed by atoms with van der Waals surface area (Å²) in [7, 11) is 1.35. The maximum absolute atomic E-state index is 13.4. The van der Waals surface area contributed by atoms with Crippen LogP contribution in [0.15, 0.2) is 53.1 Å². The summed E-state index contributed by atoms with van der Waals surface area (Å²) in [4.78, 5) is 17.3. The molecule has 1 aliphatic carbocycles. The molecule has 3 heterocycles. The number of carbonyl (C=O) groups excluding carboxylic acids is 1. The van der Waals surface area contributed by atoms with Crippen molar-refractivity contribution in [3.05, 3.63) is 65.8 Å². The number of fused-ring (bicyclic) bond motifs is 1. The molecule has 140 valence electrons. The van der Waals surface area contributed by atoms with E-state index in [4.69, 9.17) is 19.2 Å². The van der Waals surface area contributed by atoms with Crippen LogP contribution in [-0.4, -0.2) is 27.8 Å². The molecule has 4 aromatic rings. The number of benzene rings is 1. The van der Waals surface area contributed by atoms with Gasteiger partial charge in [-0.05, 0) is 55.3 Å². The fourth-order valence-corrected chi connectivity index (χ4v) is 3.37. The van der Waals surface area contributed by atoms with Crippen molar-refractivity contribution in [2.75, 3.05) is 7.11 Å². The van der Waals surface area contributed by atoms with Crippen molar-refractivity contribution in [3.8, 4) is 17.1 Å². The molecule has 3 aromatic heterocycles. The number of ether oxygens (including phenoxy) is 1. The number of furan rings is 1. The predicted octanol–water partition coefficient (Wildman–Crippen LogP) is 4.48. The third-order valence-electron chi connectivity index (χ3n) is 4.88. The maximum atomic E-state index is 13.4. The standard InChI is InChI=1S/C21H16FN3O3/c1-27-21(26)15-11-16(17-3-2-10-28-17)23-20-18(15)19(12-4-5-12)24-25(20)14-8-6-13(22)7-9-14/h2-3,6-12H,4-5H2,1H3. The Morgan fingerprint density at radius 2 is 2.04 bits per heavy atom. The van der Waals surface area contributed by atoms with Gasteiger partial charge in [-0.3, -0.25) is 0 Å². The van der Waals surface area contributed by atoms with Crippen molar-refractivity contribution in [1.29, 1.82) is 0 Å². The summed E-state index contributed by atoms with van der Waals surface area (Å²) in [6.45, 7) is 0. The molecule has 0 amide bonds. The summed E-state index contributed by atoms with van der Waals surface area (Å²) < 4.78 is 25.6. The number of hydrogen-bond donors (Lipinski definition) is 0. The molecule has 0 radical (unpaired) electrons. The number of aromatic nitrogens is 3. The zero-order chi connectivity index (χ0) is 19.3. The molecule has 1 aliphatic rings. The van der Waals surface area contributed by atoms with Gasteiger partial charge in [0.05, 0.1) is 35.7 Å². The molecule has 5 rings (SSSR count). The molecule has 0 saturated heterocycles. The number of esters is 1. The minimum atomic E-state index is -0.458. The molecule has 0 aliphatic heterocycles. The first-order valence-corrected chi connectivity index (χ1v) is 8.97. The Balaban J connectivity index is 1.84. The first-order valence-electron chi connectivity index (χ1n) is 8.97. The smallest absolute Gasteiger partial charge is 0.338 e. The second-order valence-electron chi connectivity index (χ2n) is 6.77. The fraction of sp³-hybridized carbons (Fsp3) is 0.190. The summed E-state index contributed by atoms with van der Waals surface area (Å²) in [5, 5.41) is 5.42. The average molecular weight is 377 g/mol. The van der Waals surface area contributed by atoms with Crippen molar-refractivity contribution < 1.29 is 18.3 Å². The highest BCUT2D eigenvalue weighted by Crippen LogP contribution is 2.44. The van der Waals surface area contributed by atoms with Crippen LogP contribution >= 0.6 is 0 Å². The van der Waals surface area contributed by atoms with E-state index in [9.17, 15) is 9.18 Å². The Kier molecular flexibility index (Phi) is 3.75. The maximum Gasteiger partial charge on any atom is 0.338 e. The molecule has 0 bridgehead atoms. The van der Waals surface area contributed by atoms with Gasteiger partial charge >= 0.3 is 5.97 Å². The molecule has 1 fully saturated rings. The molecule has 6 nitrogen and oxygen atoms in total. The second-order valence-corrected chi connectivity index (χ2v) is 6.77. The van der Waals surface area contributed by atoms with Gasteiger partial charge in [-0.25, -0.2) is 18.9 Å². The average Bonchev–Trinajstić information content (AvgIpc) is 3.27. The van der Waals surface area contributed by atoms with Gasteiger partial charge in [0.25, 0.3) is 0 Å². The highest BCUT2D eigenvalue weighted by molar-refractivity contribution is 6.05. The van der Waals surface area contributed by atoms with Crippen molar-refractivity contribution in [1.82, 2.24) is 14.8 Å². The van der Waals surface area contributed by atoms with Crippen molar-refractivity contribution in [3.63, 3.8) is 0 Å². The number of rotatable bonds is 4. The zero-order valence-corrected chi connectivity index (χ0v) is 15.1. The second kappa shape index (κ2) is 6.30. The first-order chi connectivity index (χ1) is 13.7. The van der Waals surface area contributed by atoms with Crippen molar-refractivity contribution in [2.24, 2.45) is 0 Å². The number of carbonyl (C=O) groups is 1. The SMILES string of the molecule is COC(=O)c1cc(-c2ccco2)nc2c1c(C1CC1)nn2-c1ccc(F)cc1. The van der Waals surface area contributed by atoms with Gasteiger partial charge in [-0.15, -0.1) is 0 Å². The molecule has 1 aromatic carbocycles. The molecule has 1 saturated carbocycles. The van der Waals surface area contributed by atoms with E-state index in [1.807, 2.05) is 0 Å². The Bertz CT molecular complexity index is 1180. The molecule has 7 heteroatoms.